The molecule has 5 nitrogen and oxygen atoms in total. The maximum absolute atomic E-state index is 12.2. The van der Waals surface area contributed by atoms with Crippen molar-refractivity contribution in [2.24, 2.45) is 11.7 Å². The van der Waals surface area contributed by atoms with Gasteiger partial charge >= 0.3 is 0 Å². The fraction of sp³-hybridized carbons (Fsp3) is 0.500. The summed E-state index contributed by atoms with van der Waals surface area (Å²) in [5.74, 6) is -0.316. The molecule has 1 aromatic carbocycles. The molecule has 2 rings (SSSR count). The Labute approximate surface area is 146 Å². The molecule has 1 atom stereocenters. The summed E-state index contributed by atoms with van der Waals surface area (Å²) in [6.45, 7) is 3.86. The number of halogens is 2. The van der Waals surface area contributed by atoms with Gasteiger partial charge in [0.25, 0.3) is 5.91 Å². The second-order valence-corrected chi connectivity index (χ2v) is 6.90. The Balaban J connectivity index is 1.84. The summed E-state index contributed by atoms with van der Waals surface area (Å²) in [4.78, 5) is 24.5. The number of quaternary nitrogens is 1. The number of amides is 2. The highest BCUT2D eigenvalue weighted by Crippen LogP contribution is 2.25. The van der Waals surface area contributed by atoms with E-state index in [1.807, 2.05) is 13.0 Å². The van der Waals surface area contributed by atoms with Crippen molar-refractivity contribution in [3.05, 3.63) is 33.8 Å². The molecule has 1 fully saturated rings. The Morgan fingerprint density at radius 2 is 2.00 bits per heavy atom. The van der Waals surface area contributed by atoms with E-state index in [-0.39, 0.29) is 23.8 Å². The van der Waals surface area contributed by atoms with Crippen molar-refractivity contribution in [2.75, 3.05) is 19.6 Å². The molecule has 1 aliphatic heterocycles. The fourth-order valence-electron chi connectivity index (χ4n) is 2.94. The van der Waals surface area contributed by atoms with Gasteiger partial charge in [-0.25, -0.2) is 0 Å². The first-order valence-corrected chi connectivity index (χ1v) is 8.49. The molecule has 0 saturated carbocycles. The van der Waals surface area contributed by atoms with Gasteiger partial charge in [0, 0.05) is 28.8 Å². The second-order valence-electron chi connectivity index (χ2n) is 6.06. The van der Waals surface area contributed by atoms with Crippen LogP contribution in [0.25, 0.3) is 0 Å². The first kappa shape index (κ1) is 18.0. The summed E-state index contributed by atoms with van der Waals surface area (Å²) in [7, 11) is 0. The van der Waals surface area contributed by atoms with Gasteiger partial charge in [-0.1, -0.05) is 29.3 Å². The third-order valence-corrected chi connectivity index (χ3v) is 4.87. The Hall–Kier alpha value is -1.30. The van der Waals surface area contributed by atoms with Crippen LogP contribution in [0.3, 0.4) is 0 Å². The van der Waals surface area contributed by atoms with E-state index in [0.717, 1.165) is 31.5 Å². The summed E-state index contributed by atoms with van der Waals surface area (Å²) in [5.41, 5.74) is 6.16. The van der Waals surface area contributed by atoms with Crippen LogP contribution in [0.5, 0.6) is 0 Å². The molecule has 7 heteroatoms. The molecule has 0 unspecified atom stereocenters. The van der Waals surface area contributed by atoms with E-state index in [1.54, 1.807) is 12.1 Å². The van der Waals surface area contributed by atoms with Crippen molar-refractivity contribution in [2.45, 2.75) is 25.8 Å². The Morgan fingerprint density at radius 3 is 2.57 bits per heavy atom. The number of nitrogens with one attached hydrogen (secondary N) is 2. The lowest BCUT2D eigenvalue weighted by Gasteiger charge is -2.27. The van der Waals surface area contributed by atoms with E-state index < -0.39 is 0 Å². The fourth-order valence-corrected chi connectivity index (χ4v) is 3.51. The van der Waals surface area contributed by atoms with Crippen molar-refractivity contribution in [1.29, 1.82) is 0 Å². The number of hydrogen-bond acceptors (Lipinski definition) is 2. The van der Waals surface area contributed by atoms with Crippen LogP contribution in [-0.4, -0.2) is 31.4 Å². The van der Waals surface area contributed by atoms with Crippen LogP contribution < -0.4 is 16.0 Å². The normalized spacial score (nSPS) is 22.4. The predicted molar refractivity (Wildman–Crippen MR) is 90.5 cm³/mol. The first-order valence-electron chi connectivity index (χ1n) is 7.74. The minimum atomic E-state index is -0.237. The standard InChI is InChI=1S/C16H21Cl2N3O2/c1-10(13-3-2-12(17)8-14(13)18)20-15(22)9-21-6-4-11(5-7-21)16(19)23/h2-3,8,10-11H,4-7,9H2,1H3,(H2,19,23)(H,20,22)/p+1/t10-/m1/s1. The number of carbonyl (C=O) groups is 2. The minimum Gasteiger partial charge on any atom is -0.369 e. The SMILES string of the molecule is C[C@@H](NC(=O)C[NH+]1CCC(C(N)=O)CC1)c1ccc(Cl)cc1Cl. The van der Waals surface area contributed by atoms with Gasteiger partial charge in [0.2, 0.25) is 5.91 Å². The maximum Gasteiger partial charge on any atom is 0.275 e. The summed E-state index contributed by atoms with van der Waals surface area (Å²) < 4.78 is 0. The molecule has 1 aliphatic rings. The van der Waals surface area contributed by atoms with Crippen LogP contribution in [0, 0.1) is 5.92 Å². The molecular formula is C16H22Cl2N3O2+. The molecule has 0 radical (unpaired) electrons. The van der Waals surface area contributed by atoms with Gasteiger partial charge in [0.05, 0.1) is 19.1 Å². The Morgan fingerprint density at radius 1 is 1.35 bits per heavy atom. The molecule has 1 aromatic rings. The lowest BCUT2D eigenvalue weighted by Crippen LogP contribution is -3.14. The monoisotopic (exact) mass is 358 g/mol. The van der Waals surface area contributed by atoms with Gasteiger partial charge in [-0.15, -0.1) is 0 Å². The smallest absolute Gasteiger partial charge is 0.275 e. The van der Waals surface area contributed by atoms with Gasteiger partial charge < -0.3 is 16.0 Å². The van der Waals surface area contributed by atoms with Gasteiger partial charge in [0.15, 0.2) is 6.54 Å². The predicted octanol–water partition coefficient (Wildman–Crippen LogP) is 0.951. The van der Waals surface area contributed by atoms with E-state index in [9.17, 15) is 9.59 Å². The summed E-state index contributed by atoms with van der Waals surface area (Å²) in [6.07, 6.45) is 1.49. The maximum atomic E-state index is 12.2. The third-order valence-electron chi connectivity index (χ3n) is 4.31. The first-order chi connectivity index (χ1) is 10.9. The van der Waals surface area contributed by atoms with Crippen molar-refractivity contribution in [1.82, 2.24) is 5.32 Å². The molecule has 2 amide bonds. The number of rotatable bonds is 5. The van der Waals surface area contributed by atoms with Crippen LogP contribution in [0.2, 0.25) is 10.0 Å². The van der Waals surface area contributed by atoms with Crippen molar-refractivity contribution in [3.63, 3.8) is 0 Å². The molecule has 1 saturated heterocycles. The Kier molecular flexibility index (Phi) is 6.27. The lowest BCUT2D eigenvalue weighted by atomic mass is 9.96. The van der Waals surface area contributed by atoms with Crippen LogP contribution >= 0.6 is 23.2 Å². The number of carbonyl (C=O) groups excluding carboxylic acids is 2. The van der Waals surface area contributed by atoms with E-state index >= 15 is 0 Å². The molecular weight excluding hydrogens is 337 g/mol. The Bertz CT molecular complexity index is 587. The van der Waals surface area contributed by atoms with Gasteiger partial charge in [-0.05, 0) is 24.6 Å². The molecule has 0 aromatic heterocycles. The van der Waals surface area contributed by atoms with Crippen molar-refractivity contribution >= 4 is 35.0 Å². The molecule has 1 heterocycles. The van der Waals surface area contributed by atoms with E-state index in [2.05, 4.69) is 5.32 Å². The summed E-state index contributed by atoms with van der Waals surface area (Å²) in [6, 6.07) is 5.06. The van der Waals surface area contributed by atoms with E-state index in [4.69, 9.17) is 28.9 Å². The average molecular weight is 359 g/mol. The average Bonchev–Trinajstić information content (AvgIpc) is 2.47. The molecule has 0 aliphatic carbocycles. The molecule has 0 spiro atoms. The number of primary amides is 1. The lowest BCUT2D eigenvalue weighted by molar-refractivity contribution is -0.897. The van der Waals surface area contributed by atoms with Crippen LogP contribution in [-0.2, 0) is 9.59 Å². The number of nitrogens with two attached hydrogens (primary N) is 1. The third kappa shape index (κ3) is 5.09. The van der Waals surface area contributed by atoms with Gasteiger partial charge in [-0.3, -0.25) is 9.59 Å². The number of benzene rings is 1. The molecule has 126 valence electrons. The number of likely N-dealkylation sites (tertiary alicyclic amines) is 1. The molecule has 23 heavy (non-hydrogen) atoms. The summed E-state index contributed by atoms with van der Waals surface area (Å²) in [5, 5.41) is 4.07. The topological polar surface area (TPSA) is 76.6 Å². The van der Waals surface area contributed by atoms with E-state index in [0.29, 0.717) is 16.6 Å². The quantitative estimate of drug-likeness (QED) is 0.732. The van der Waals surface area contributed by atoms with Crippen molar-refractivity contribution < 1.29 is 14.5 Å². The zero-order chi connectivity index (χ0) is 17.0. The number of piperidine rings is 1. The highest BCUT2D eigenvalue weighted by molar-refractivity contribution is 6.35. The number of hydrogen-bond donors (Lipinski definition) is 3. The minimum absolute atomic E-state index is 0.0314. The second kappa shape index (κ2) is 7.99. The highest BCUT2D eigenvalue weighted by atomic mass is 35.5. The highest BCUT2D eigenvalue weighted by Gasteiger charge is 2.27. The van der Waals surface area contributed by atoms with Gasteiger partial charge in [-0.2, -0.15) is 0 Å². The zero-order valence-electron chi connectivity index (χ0n) is 13.1. The molecule has 4 N–H and O–H groups in total. The van der Waals surface area contributed by atoms with Crippen molar-refractivity contribution in [3.8, 4) is 0 Å². The summed E-state index contributed by atoms with van der Waals surface area (Å²) >= 11 is 12.0. The van der Waals surface area contributed by atoms with Crippen LogP contribution in [0.1, 0.15) is 31.4 Å². The molecule has 0 bridgehead atoms. The van der Waals surface area contributed by atoms with E-state index in [1.165, 1.54) is 4.90 Å². The van der Waals surface area contributed by atoms with Crippen LogP contribution in [0.4, 0.5) is 0 Å². The largest absolute Gasteiger partial charge is 0.369 e. The van der Waals surface area contributed by atoms with Crippen LogP contribution in [0.15, 0.2) is 18.2 Å². The van der Waals surface area contributed by atoms with Gasteiger partial charge in [0.1, 0.15) is 0 Å². The zero-order valence-corrected chi connectivity index (χ0v) is 14.6.